The molecular formula is C20H20N4O3S. The zero-order chi connectivity index (χ0) is 20.1. The van der Waals surface area contributed by atoms with Crippen LogP contribution in [0.15, 0.2) is 58.5 Å². The molecule has 0 radical (unpaired) electrons. The first kappa shape index (κ1) is 19.6. The average Bonchev–Trinajstić information content (AvgIpc) is 2.71. The van der Waals surface area contributed by atoms with E-state index in [1.54, 1.807) is 18.2 Å². The number of nitrogens with zero attached hydrogens (tertiary/aromatic N) is 2. The van der Waals surface area contributed by atoms with Crippen LogP contribution in [0.2, 0.25) is 0 Å². The number of benzene rings is 2. The quantitative estimate of drug-likeness (QED) is 0.392. The average molecular weight is 396 g/mol. The lowest BCUT2D eigenvalue weighted by atomic mass is 10.1. The molecule has 8 heteroatoms. The highest BCUT2D eigenvalue weighted by molar-refractivity contribution is 7.99. The van der Waals surface area contributed by atoms with Crippen molar-refractivity contribution in [1.82, 2.24) is 20.4 Å². The number of aryl methyl sites for hydroxylation is 1. The van der Waals surface area contributed by atoms with Crippen LogP contribution >= 0.6 is 11.8 Å². The van der Waals surface area contributed by atoms with Crippen molar-refractivity contribution in [2.45, 2.75) is 25.4 Å². The van der Waals surface area contributed by atoms with Gasteiger partial charge in [0, 0.05) is 6.92 Å². The Morgan fingerprint density at radius 1 is 1.07 bits per heavy atom. The number of hydrogen-bond donors (Lipinski definition) is 2. The highest BCUT2D eigenvalue weighted by atomic mass is 32.2. The number of carbonyl (C=O) groups is 2. The van der Waals surface area contributed by atoms with E-state index in [0.717, 1.165) is 23.7 Å². The van der Waals surface area contributed by atoms with Crippen molar-refractivity contribution < 1.29 is 9.59 Å². The second-order valence-corrected chi connectivity index (χ2v) is 7.03. The topological polar surface area (TPSA) is 93.1 Å². The van der Waals surface area contributed by atoms with E-state index in [-0.39, 0.29) is 17.2 Å². The zero-order valence-corrected chi connectivity index (χ0v) is 16.4. The van der Waals surface area contributed by atoms with Crippen molar-refractivity contribution in [1.29, 1.82) is 0 Å². The Hall–Kier alpha value is -3.13. The van der Waals surface area contributed by atoms with Gasteiger partial charge in [-0.05, 0) is 36.2 Å². The van der Waals surface area contributed by atoms with Crippen LogP contribution in [0.3, 0.4) is 0 Å². The van der Waals surface area contributed by atoms with Crippen LogP contribution in [0.5, 0.6) is 0 Å². The lowest BCUT2D eigenvalue weighted by molar-refractivity contribution is -0.126. The molecule has 28 heavy (non-hydrogen) atoms. The molecule has 0 spiro atoms. The van der Waals surface area contributed by atoms with Crippen molar-refractivity contribution in [2.24, 2.45) is 0 Å². The van der Waals surface area contributed by atoms with Crippen LogP contribution < -0.4 is 16.4 Å². The van der Waals surface area contributed by atoms with Gasteiger partial charge in [-0.25, -0.2) is 4.98 Å². The summed E-state index contributed by atoms with van der Waals surface area (Å²) in [5, 5.41) is 0.917. The summed E-state index contributed by atoms with van der Waals surface area (Å²) in [6.45, 7) is 3.36. The predicted octanol–water partition coefficient (Wildman–Crippen LogP) is 2.21. The number of nitrogens with one attached hydrogen (secondary N) is 2. The van der Waals surface area contributed by atoms with Gasteiger partial charge in [-0.15, -0.1) is 0 Å². The van der Waals surface area contributed by atoms with Crippen LogP contribution in [0, 0.1) is 0 Å². The third-order valence-electron chi connectivity index (χ3n) is 4.06. The van der Waals surface area contributed by atoms with Gasteiger partial charge in [0.2, 0.25) is 11.8 Å². The van der Waals surface area contributed by atoms with E-state index < -0.39 is 5.91 Å². The standard InChI is InChI=1S/C20H20N4O3S/c1-3-14-8-10-15(11-9-14)24-19(27)16-6-4-5-7-17(16)21-20(24)28-12-18(26)23-22-13(2)25/h4-11H,3,12H2,1-2H3,(H,22,25)(H,23,26). The van der Waals surface area contributed by atoms with E-state index in [0.29, 0.717) is 21.7 Å². The number of amides is 2. The number of rotatable bonds is 5. The van der Waals surface area contributed by atoms with Crippen LogP contribution in [-0.4, -0.2) is 27.1 Å². The largest absolute Gasteiger partial charge is 0.274 e. The first-order chi connectivity index (χ1) is 13.5. The van der Waals surface area contributed by atoms with E-state index in [1.807, 2.05) is 30.3 Å². The van der Waals surface area contributed by atoms with Crippen molar-refractivity contribution in [3.63, 3.8) is 0 Å². The van der Waals surface area contributed by atoms with Gasteiger partial charge < -0.3 is 0 Å². The van der Waals surface area contributed by atoms with E-state index >= 15 is 0 Å². The normalized spacial score (nSPS) is 10.6. The maximum Gasteiger partial charge on any atom is 0.266 e. The molecule has 0 fully saturated rings. The third-order valence-corrected chi connectivity index (χ3v) is 5.00. The number of hydrogen-bond acceptors (Lipinski definition) is 5. The molecule has 3 aromatic rings. The molecule has 0 aliphatic rings. The number of thioether (sulfide) groups is 1. The van der Waals surface area contributed by atoms with Gasteiger partial charge in [-0.3, -0.25) is 29.8 Å². The van der Waals surface area contributed by atoms with Crippen molar-refractivity contribution in [2.75, 3.05) is 5.75 Å². The highest BCUT2D eigenvalue weighted by Crippen LogP contribution is 2.21. The lowest BCUT2D eigenvalue weighted by Crippen LogP contribution is -2.41. The Labute approximate surface area is 166 Å². The summed E-state index contributed by atoms with van der Waals surface area (Å²) in [5.74, 6) is -0.761. The molecule has 1 aromatic heterocycles. The summed E-state index contributed by atoms with van der Waals surface area (Å²) in [7, 11) is 0. The molecule has 144 valence electrons. The van der Waals surface area contributed by atoms with Gasteiger partial charge >= 0.3 is 0 Å². The molecule has 0 bridgehead atoms. The summed E-state index contributed by atoms with van der Waals surface area (Å²) in [5.41, 5.74) is 6.77. The Balaban J connectivity index is 2.00. The fourth-order valence-corrected chi connectivity index (χ4v) is 3.45. The fraction of sp³-hybridized carbons (Fsp3) is 0.200. The van der Waals surface area contributed by atoms with Crippen molar-refractivity contribution >= 4 is 34.5 Å². The molecular weight excluding hydrogens is 376 g/mol. The van der Waals surface area contributed by atoms with Gasteiger partial charge in [0.25, 0.3) is 5.56 Å². The van der Waals surface area contributed by atoms with E-state index in [9.17, 15) is 14.4 Å². The smallest absolute Gasteiger partial charge is 0.266 e. The molecule has 0 aliphatic heterocycles. The van der Waals surface area contributed by atoms with Crippen LogP contribution in [-0.2, 0) is 16.0 Å². The minimum absolute atomic E-state index is 0.00188. The molecule has 0 saturated heterocycles. The summed E-state index contributed by atoms with van der Waals surface area (Å²) in [4.78, 5) is 40.6. The van der Waals surface area contributed by atoms with E-state index in [1.165, 1.54) is 11.5 Å². The monoisotopic (exact) mass is 396 g/mol. The molecule has 0 atom stereocenters. The lowest BCUT2D eigenvalue weighted by Gasteiger charge is -2.13. The zero-order valence-electron chi connectivity index (χ0n) is 15.6. The van der Waals surface area contributed by atoms with Crippen LogP contribution in [0.1, 0.15) is 19.4 Å². The molecule has 2 amide bonds. The number of carbonyl (C=O) groups excluding carboxylic acids is 2. The number of aromatic nitrogens is 2. The van der Waals surface area contributed by atoms with Gasteiger partial charge in [-0.1, -0.05) is 43.0 Å². The summed E-state index contributed by atoms with van der Waals surface area (Å²) in [6.07, 6.45) is 0.899. The van der Waals surface area contributed by atoms with Crippen LogP contribution in [0.4, 0.5) is 0 Å². The third kappa shape index (κ3) is 4.40. The van der Waals surface area contributed by atoms with Gasteiger partial charge in [-0.2, -0.15) is 0 Å². The number of para-hydroxylation sites is 1. The van der Waals surface area contributed by atoms with E-state index in [4.69, 9.17) is 0 Å². The Kier molecular flexibility index (Phi) is 6.10. The SMILES string of the molecule is CCc1ccc(-n2c(SCC(=O)NNC(C)=O)nc3ccccc3c2=O)cc1. The Morgan fingerprint density at radius 3 is 2.46 bits per heavy atom. The van der Waals surface area contributed by atoms with Crippen molar-refractivity contribution in [3.05, 3.63) is 64.4 Å². The fourth-order valence-electron chi connectivity index (χ4n) is 2.64. The number of hydrazine groups is 1. The molecule has 1 heterocycles. The first-order valence-corrected chi connectivity index (χ1v) is 9.77. The van der Waals surface area contributed by atoms with Gasteiger partial charge in [0.1, 0.15) is 0 Å². The molecule has 7 nitrogen and oxygen atoms in total. The molecule has 0 saturated carbocycles. The molecule has 3 rings (SSSR count). The first-order valence-electron chi connectivity index (χ1n) is 8.79. The maximum absolute atomic E-state index is 13.1. The summed E-state index contributed by atoms with van der Waals surface area (Å²) >= 11 is 1.13. The maximum atomic E-state index is 13.1. The minimum Gasteiger partial charge on any atom is -0.274 e. The Morgan fingerprint density at radius 2 is 1.79 bits per heavy atom. The number of fused-ring (bicyclic) bond motifs is 1. The predicted molar refractivity (Wildman–Crippen MR) is 109 cm³/mol. The molecule has 0 unspecified atom stereocenters. The molecule has 2 aromatic carbocycles. The van der Waals surface area contributed by atoms with E-state index in [2.05, 4.69) is 22.8 Å². The highest BCUT2D eigenvalue weighted by Gasteiger charge is 2.15. The Bertz CT molecular complexity index is 1080. The molecule has 0 aliphatic carbocycles. The second-order valence-electron chi connectivity index (χ2n) is 6.09. The second kappa shape index (κ2) is 8.71. The van der Waals surface area contributed by atoms with Gasteiger partial charge in [0.15, 0.2) is 5.16 Å². The molecule has 2 N–H and O–H groups in total. The summed E-state index contributed by atoms with van der Waals surface area (Å²) < 4.78 is 1.51. The van der Waals surface area contributed by atoms with Crippen LogP contribution in [0.25, 0.3) is 16.6 Å². The summed E-state index contributed by atoms with van der Waals surface area (Å²) in [6, 6.07) is 14.8. The van der Waals surface area contributed by atoms with Crippen molar-refractivity contribution in [3.8, 4) is 5.69 Å². The minimum atomic E-state index is -0.393. The van der Waals surface area contributed by atoms with Gasteiger partial charge in [0.05, 0.1) is 22.3 Å².